The van der Waals surface area contributed by atoms with Crippen LogP contribution in [0.3, 0.4) is 0 Å². The van der Waals surface area contributed by atoms with Crippen molar-refractivity contribution in [3.05, 3.63) is 94.8 Å². The Balaban J connectivity index is 1.92. The Labute approximate surface area is 186 Å². The van der Waals surface area contributed by atoms with Gasteiger partial charge in [0, 0.05) is 17.4 Å². The topological polar surface area (TPSA) is 79.7 Å². The van der Waals surface area contributed by atoms with Crippen LogP contribution in [0.25, 0.3) is 5.76 Å². The number of aromatic nitrogens is 1. The van der Waals surface area contributed by atoms with Crippen molar-refractivity contribution in [1.82, 2.24) is 4.98 Å². The van der Waals surface area contributed by atoms with Gasteiger partial charge in [-0.25, -0.2) is 0 Å². The number of benzene rings is 2. The van der Waals surface area contributed by atoms with Gasteiger partial charge < -0.3 is 9.84 Å². The number of ketones is 1. The molecule has 0 bridgehead atoms. The number of carbonyl (C=O) groups is 2. The number of nitrogens with zero attached hydrogens (tertiary/aromatic N) is 2. The molecule has 1 fully saturated rings. The Morgan fingerprint density at radius 1 is 1.03 bits per heavy atom. The zero-order valence-corrected chi connectivity index (χ0v) is 18.2. The molecule has 0 saturated carbocycles. The molecule has 2 heterocycles. The lowest BCUT2D eigenvalue weighted by Gasteiger charge is -2.25. The molecule has 3 aromatic rings. The van der Waals surface area contributed by atoms with E-state index in [1.54, 1.807) is 54.7 Å². The third-order valence-electron chi connectivity index (χ3n) is 5.60. The van der Waals surface area contributed by atoms with Gasteiger partial charge >= 0.3 is 0 Å². The molecule has 1 aliphatic rings. The van der Waals surface area contributed by atoms with E-state index in [4.69, 9.17) is 4.74 Å². The van der Waals surface area contributed by atoms with Crippen molar-refractivity contribution in [2.45, 2.75) is 26.8 Å². The summed E-state index contributed by atoms with van der Waals surface area (Å²) in [6.07, 6.45) is 1.60. The van der Waals surface area contributed by atoms with E-state index in [1.165, 1.54) is 4.90 Å². The second-order valence-corrected chi connectivity index (χ2v) is 7.65. The van der Waals surface area contributed by atoms with Gasteiger partial charge in [0.2, 0.25) is 0 Å². The van der Waals surface area contributed by atoms with Crippen molar-refractivity contribution in [3.63, 3.8) is 0 Å². The van der Waals surface area contributed by atoms with Gasteiger partial charge in [-0.2, -0.15) is 0 Å². The normalized spacial score (nSPS) is 17.6. The molecule has 1 amide bonds. The Hall–Kier alpha value is -3.93. The second-order valence-electron chi connectivity index (χ2n) is 7.65. The Morgan fingerprint density at radius 2 is 1.84 bits per heavy atom. The second kappa shape index (κ2) is 8.67. The summed E-state index contributed by atoms with van der Waals surface area (Å²) in [6.45, 7) is 6.26. The predicted octanol–water partition coefficient (Wildman–Crippen LogP) is 4.72. The van der Waals surface area contributed by atoms with Crippen LogP contribution in [0.15, 0.2) is 72.4 Å². The third-order valence-corrected chi connectivity index (χ3v) is 5.60. The van der Waals surface area contributed by atoms with Gasteiger partial charge in [-0.3, -0.25) is 19.5 Å². The largest absolute Gasteiger partial charge is 0.507 e. The highest BCUT2D eigenvalue weighted by Gasteiger charge is 2.47. The summed E-state index contributed by atoms with van der Waals surface area (Å²) < 4.78 is 5.53. The first-order chi connectivity index (χ1) is 15.4. The van der Waals surface area contributed by atoms with E-state index in [1.807, 2.05) is 32.9 Å². The molecule has 4 rings (SSSR count). The summed E-state index contributed by atoms with van der Waals surface area (Å²) in [5.74, 6) is -1.15. The first-order valence-corrected chi connectivity index (χ1v) is 10.4. The maximum Gasteiger partial charge on any atom is 0.300 e. The Bertz CT molecular complexity index is 1220. The predicted molar refractivity (Wildman–Crippen MR) is 123 cm³/mol. The molecule has 1 aliphatic heterocycles. The molecule has 2 aromatic carbocycles. The summed E-state index contributed by atoms with van der Waals surface area (Å²) in [6, 6.07) is 16.9. The smallest absolute Gasteiger partial charge is 0.300 e. The molecule has 1 aromatic heterocycles. The van der Waals surface area contributed by atoms with Gasteiger partial charge in [-0.05, 0) is 68.3 Å². The van der Waals surface area contributed by atoms with Crippen LogP contribution in [0.4, 0.5) is 5.69 Å². The van der Waals surface area contributed by atoms with E-state index in [-0.39, 0.29) is 11.3 Å². The number of amides is 1. The number of Topliss-reactive ketones (excluding diaryl/α,β-unsaturated/α-hetero) is 1. The Morgan fingerprint density at radius 3 is 2.53 bits per heavy atom. The van der Waals surface area contributed by atoms with Crippen LogP contribution >= 0.6 is 0 Å². The summed E-state index contributed by atoms with van der Waals surface area (Å²) >= 11 is 0. The van der Waals surface area contributed by atoms with Gasteiger partial charge in [0.1, 0.15) is 17.6 Å². The molecular formula is C26H24N2O4. The van der Waals surface area contributed by atoms with Gasteiger partial charge in [0.25, 0.3) is 11.7 Å². The Kier molecular flexibility index (Phi) is 5.77. The molecule has 1 N–H and O–H groups in total. The quantitative estimate of drug-likeness (QED) is 0.361. The fourth-order valence-electron chi connectivity index (χ4n) is 3.85. The molecule has 0 aliphatic carbocycles. The van der Waals surface area contributed by atoms with Crippen LogP contribution < -0.4 is 9.64 Å². The fourth-order valence-corrected chi connectivity index (χ4v) is 3.85. The van der Waals surface area contributed by atoms with Crippen molar-refractivity contribution in [2.24, 2.45) is 0 Å². The van der Waals surface area contributed by atoms with Gasteiger partial charge in [-0.1, -0.05) is 24.3 Å². The average Bonchev–Trinajstić information content (AvgIpc) is 3.07. The third kappa shape index (κ3) is 3.75. The average molecular weight is 428 g/mol. The van der Waals surface area contributed by atoms with E-state index in [0.29, 0.717) is 29.3 Å². The van der Waals surface area contributed by atoms with E-state index in [2.05, 4.69) is 4.98 Å². The lowest BCUT2D eigenvalue weighted by Crippen LogP contribution is -2.29. The van der Waals surface area contributed by atoms with Gasteiger partial charge in [0.15, 0.2) is 0 Å². The fraction of sp³-hybridized carbons (Fsp3) is 0.192. The summed E-state index contributed by atoms with van der Waals surface area (Å²) in [5.41, 5.74) is 3.54. The van der Waals surface area contributed by atoms with E-state index >= 15 is 0 Å². The van der Waals surface area contributed by atoms with Crippen LogP contribution in [0.5, 0.6) is 5.75 Å². The van der Waals surface area contributed by atoms with Crippen LogP contribution in [0, 0.1) is 13.8 Å². The molecule has 1 unspecified atom stereocenters. The number of anilines is 1. The lowest BCUT2D eigenvalue weighted by atomic mass is 9.98. The number of carbonyl (C=O) groups excluding carboxylic acids is 2. The molecule has 162 valence electrons. The van der Waals surface area contributed by atoms with E-state index in [9.17, 15) is 14.7 Å². The number of pyridine rings is 1. The summed E-state index contributed by atoms with van der Waals surface area (Å²) in [4.78, 5) is 32.2. The van der Waals surface area contributed by atoms with Crippen molar-refractivity contribution in [3.8, 4) is 5.75 Å². The standard InChI is InChI=1S/C26H24N2O4/c1-4-32-20-9-7-8-18(15-20)24(29)22-23(21-10-5-6-13-27-21)28(26(31)25(22)30)19-12-11-16(2)17(3)14-19/h5-15,23,29H,4H2,1-3H3/b24-22+. The molecule has 6 nitrogen and oxygen atoms in total. The SMILES string of the molecule is CCOc1cccc(/C(O)=C2\C(=O)C(=O)N(c3ccc(C)c(C)c3)C2c2ccccn2)c1. The molecule has 1 saturated heterocycles. The highest BCUT2D eigenvalue weighted by Crippen LogP contribution is 2.42. The van der Waals surface area contributed by atoms with Crippen molar-refractivity contribution in [2.75, 3.05) is 11.5 Å². The van der Waals surface area contributed by atoms with Gasteiger partial charge in [-0.15, -0.1) is 0 Å². The van der Waals surface area contributed by atoms with Crippen molar-refractivity contribution in [1.29, 1.82) is 0 Å². The molecule has 0 radical (unpaired) electrons. The maximum absolute atomic E-state index is 13.2. The number of aliphatic hydroxyl groups is 1. The number of aliphatic hydroxyl groups excluding tert-OH is 1. The summed E-state index contributed by atoms with van der Waals surface area (Å²) in [5, 5.41) is 11.2. The minimum absolute atomic E-state index is 0.000534. The van der Waals surface area contributed by atoms with Crippen molar-refractivity contribution < 1.29 is 19.4 Å². The van der Waals surface area contributed by atoms with Crippen LogP contribution in [0.1, 0.15) is 35.3 Å². The number of hydrogen-bond acceptors (Lipinski definition) is 5. The van der Waals surface area contributed by atoms with Crippen LogP contribution in [-0.2, 0) is 9.59 Å². The lowest BCUT2D eigenvalue weighted by molar-refractivity contribution is -0.132. The zero-order valence-electron chi connectivity index (χ0n) is 18.2. The number of ether oxygens (including phenoxy) is 1. The molecule has 0 spiro atoms. The number of hydrogen-bond donors (Lipinski definition) is 1. The van der Waals surface area contributed by atoms with Gasteiger partial charge in [0.05, 0.1) is 17.9 Å². The van der Waals surface area contributed by atoms with Crippen LogP contribution in [0.2, 0.25) is 0 Å². The minimum Gasteiger partial charge on any atom is -0.507 e. The minimum atomic E-state index is -0.853. The van der Waals surface area contributed by atoms with Crippen molar-refractivity contribution >= 4 is 23.1 Å². The monoisotopic (exact) mass is 428 g/mol. The first-order valence-electron chi connectivity index (χ1n) is 10.4. The number of rotatable bonds is 5. The van der Waals surface area contributed by atoms with E-state index < -0.39 is 17.7 Å². The molecule has 1 atom stereocenters. The van der Waals surface area contributed by atoms with E-state index in [0.717, 1.165) is 11.1 Å². The van der Waals surface area contributed by atoms with Crippen LogP contribution in [-0.4, -0.2) is 28.4 Å². The molecule has 6 heteroatoms. The zero-order chi connectivity index (χ0) is 22.8. The molecular weight excluding hydrogens is 404 g/mol. The molecule has 32 heavy (non-hydrogen) atoms. The summed E-state index contributed by atoms with van der Waals surface area (Å²) in [7, 11) is 0. The number of aryl methyl sites for hydroxylation is 2. The first kappa shape index (κ1) is 21.3. The highest BCUT2D eigenvalue weighted by molar-refractivity contribution is 6.51. The highest BCUT2D eigenvalue weighted by atomic mass is 16.5. The maximum atomic E-state index is 13.2.